The fourth-order valence-corrected chi connectivity index (χ4v) is 6.72. The van der Waals surface area contributed by atoms with Gasteiger partial charge in [0.15, 0.2) is 6.29 Å². The van der Waals surface area contributed by atoms with Crippen LogP contribution in [0.15, 0.2) is 35.5 Å². The van der Waals surface area contributed by atoms with E-state index in [2.05, 4.69) is 34.3 Å². The number of allylic oxidation sites excluding steroid dienone is 1. The van der Waals surface area contributed by atoms with Gasteiger partial charge in [-0.15, -0.1) is 0 Å². The van der Waals surface area contributed by atoms with E-state index in [0.29, 0.717) is 19.4 Å². The fraction of sp³-hybridized carbons (Fsp3) is 0.750. The molecule has 8 atom stereocenters. The van der Waals surface area contributed by atoms with Gasteiger partial charge in [0.1, 0.15) is 0 Å². The Kier molecular flexibility index (Phi) is 4.96. The van der Waals surface area contributed by atoms with Gasteiger partial charge in [0.2, 0.25) is 0 Å². The van der Waals surface area contributed by atoms with E-state index < -0.39 is 34.9 Å². The molecule has 4 aliphatic rings. The van der Waals surface area contributed by atoms with Crippen LogP contribution in [0.1, 0.15) is 53.9 Å². The second-order valence-corrected chi connectivity index (χ2v) is 10.3. The molecule has 0 spiro atoms. The van der Waals surface area contributed by atoms with Gasteiger partial charge in [-0.2, -0.15) is 0 Å². The summed E-state index contributed by atoms with van der Waals surface area (Å²) in [7, 11) is 0. The number of hydrogen-bond donors (Lipinski definition) is 3. The highest BCUT2D eigenvalue weighted by atomic mass is 16.6. The topological polar surface area (TPSA) is 79.2 Å². The van der Waals surface area contributed by atoms with Crippen LogP contribution in [0.5, 0.6) is 0 Å². The van der Waals surface area contributed by atoms with Crippen LogP contribution in [0.2, 0.25) is 0 Å². The van der Waals surface area contributed by atoms with Crippen molar-refractivity contribution in [2.75, 3.05) is 6.61 Å². The Bertz CT molecular complexity index is 767. The molecule has 162 valence electrons. The summed E-state index contributed by atoms with van der Waals surface area (Å²) in [5.74, 6) is 0.0725. The zero-order valence-corrected chi connectivity index (χ0v) is 18.3. The van der Waals surface area contributed by atoms with Crippen molar-refractivity contribution in [2.45, 2.75) is 84.1 Å². The van der Waals surface area contributed by atoms with Crippen LogP contribution >= 0.6 is 0 Å². The summed E-state index contributed by atoms with van der Waals surface area (Å²) in [5, 5.41) is 33.6. The molecule has 0 aromatic carbocycles. The average Bonchev–Trinajstić information content (AvgIpc) is 2.63. The summed E-state index contributed by atoms with van der Waals surface area (Å²) in [6, 6.07) is 0. The zero-order valence-electron chi connectivity index (χ0n) is 18.3. The zero-order chi connectivity index (χ0) is 21.4. The van der Waals surface area contributed by atoms with Gasteiger partial charge >= 0.3 is 0 Å². The third-order valence-corrected chi connectivity index (χ3v) is 8.59. The van der Waals surface area contributed by atoms with Crippen molar-refractivity contribution in [2.24, 2.45) is 22.7 Å². The molecule has 2 bridgehead atoms. The van der Waals surface area contributed by atoms with E-state index in [4.69, 9.17) is 9.47 Å². The molecule has 4 unspecified atom stereocenters. The van der Waals surface area contributed by atoms with E-state index >= 15 is 0 Å². The molecule has 3 N–H and O–H groups in total. The fourth-order valence-electron chi connectivity index (χ4n) is 6.72. The quantitative estimate of drug-likeness (QED) is 0.498. The minimum atomic E-state index is -1.12. The Balaban J connectivity index is 1.97. The largest absolute Gasteiger partial charge is 0.392 e. The molecule has 5 nitrogen and oxygen atoms in total. The number of ether oxygens (including phenoxy) is 2. The van der Waals surface area contributed by atoms with E-state index in [1.54, 1.807) is 0 Å². The molecule has 0 aromatic heterocycles. The van der Waals surface area contributed by atoms with Crippen molar-refractivity contribution in [3.05, 3.63) is 35.5 Å². The molecule has 29 heavy (non-hydrogen) atoms. The monoisotopic (exact) mass is 404 g/mol. The highest BCUT2D eigenvalue weighted by Gasteiger charge is 2.62. The Hall–Kier alpha value is -0.980. The second kappa shape index (κ2) is 6.76. The molecular formula is C24H36O5. The lowest BCUT2D eigenvalue weighted by atomic mass is 9.50. The van der Waals surface area contributed by atoms with Crippen LogP contribution in [-0.4, -0.2) is 52.1 Å². The summed E-state index contributed by atoms with van der Waals surface area (Å²) in [5.41, 5.74) is 1.25. The number of hydrogen-bond acceptors (Lipinski definition) is 5. The second-order valence-electron chi connectivity index (χ2n) is 10.3. The van der Waals surface area contributed by atoms with E-state index in [9.17, 15) is 15.3 Å². The molecule has 5 heteroatoms. The summed E-state index contributed by atoms with van der Waals surface area (Å²) in [6.45, 7) is 14.8. The SMILES string of the molecule is C=CC(O)O[C@@H]1C(C)C2=C(C)CC[C@@](O)(/C=C3/C4COC4C[C@H](O)[C@]31C)C2(C)C. The molecule has 0 radical (unpaired) electrons. The van der Waals surface area contributed by atoms with Gasteiger partial charge < -0.3 is 24.8 Å². The van der Waals surface area contributed by atoms with Crippen molar-refractivity contribution >= 4 is 0 Å². The highest BCUT2D eigenvalue weighted by Crippen LogP contribution is 2.61. The maximum atomic E-state index is 11.9. The van der Waals surface area contributed by atoms with Gasteiger partial charge in [-0.05, 0) is 25.8 Å². The van der Waals surface area contributed by atoms with Gasteiger partial charge in [0, 0.05) is 29.1 Å². The standard InChI is InChI=1S/C24H36O5/c1-7-19(26)29-21-14(3)20-13(2)8-9-24(27,22(20,4)5)11-16-15-12-28-17(15)10-18(25)23(16,21)6/h7,11,14-15,17-19,21,25-27H,1,8-10,12H2,2-6H3/b16-11-/t14?,15?,17?,18-,19?,21+,23-,24+/m0/s1. The Morgan fingerprint density at radius 2 is 2.03 bits per heavy atom. The van der Waals surface area contributed by atoms with Crippen LogP contribution in [0.25, 0.3) is 0 Å². The van der Waals surface area contributed by atoms with E-state index in [-0.39, 0.29) is 17.9 Å². The Morgan fingerprint density at radius 1 is 1.34 bits per heavy atom. The molecule has 0 amide bonds. The third-order valence-electron chi connectivity index (χ3n) is 8.59. The summed E-state index contributed by atoms with van der Waals surface area (Å²) in [4.78, 5) is 0. The minimum Gasteiger partial charge on any atom is -0.392 e. The molecule has 1 heterocycles. The Labute approximate surface area is 174 Å². The summed E-state index contributed by atoms with van der Waals surface area (Å²) < 4.78 is 11.9. The van der Waals surface area contributed by atoms with Crippen LogP contribution in [0.4, 0.5) is 0 Å². The van der Waals surface area contributed by atoms with Crippen LogP contribution in [-0.2, 0) is 9.47 Å². The lowest BCUT2D eigenvalue weighted by Gasteiger charge is -2.61. The van der Waals surface area contributed by atoms with Crippen molar-refractivity contribution in [1.29, 1.82) is 0 Å². The van der Waals surface area contributed by atoms with Crippen molar-refractivity contribution in [3.8, 4) is 0 Å². The van der Waals surface area contributed by atoms with Crippen LogP contribution in [0, 0.1) is 22.7 Å². The summed E-state index contributed by atoms with van der Waals surface area (Å²) >= 11 is 0. The predicted molar refractivity (Wildman–Crippen MR) is 111 cm³/mol. The van der Waals surface area contributed by atoms with Gasteiger partial charge in [0.05, 0.1) is 30.5 Å². The van der Waals surface area contributed by atoms with E-state index in [0.717, 1.165) is 12.0 Å². The molecule has 2 fully saturated rings. The van der Waals surface area contributed by atoms with Crippen LogP contribution in [0.3, 0.4) is 0 Å². The third kappa shape index (κ3) is 2.78. The molecule has 4 rings (SSSR count). The van der Waals surface area contributed by atoms with Gasteiger partial charge in [-0.3, -0.25) is 0 Å². The number of aliphatic hydroxyl groups excluding tert-OH is 2. The van der Waals surface area contributed by atoms with Gasteiger partial charge in [-0.1, -0.05) is 57.1 Å². The lowest BCUT2D eigenvalue weighted by Crippen LogP contribution is -2.64. The number of aliphatic hydroxyl groups is 3. The normalized spacial score (nSPS) is 48.8. The van der Waals surface area contributed by atoms with Crippen molar-refractivity contribution in [3.63, 3.8) is 0 Å². The number of rotatable bonds is 3. The van der Waals surface area contributed by atoms with Crippen molar-refractivity contribution < 1.29 is 24.8 Å². The van der Waals surface area contributed by atoms with Gasteiger partial charge in [0.25, 0.3) is 0 Å². The molecule has 0 aromatic rings. The molecule has 1 aliphatic heterocycles. The van der Waals surface area contributed by atoms with E-state index in [1.807, 2.05) is 13.0 Å². The molecule has 1 saturated heterocycles. The maximum absolute atomic E-state index is 11.9. The highest BCUT2D eigenvalue weighted by molar-refractivity contribution is 5.42. The average molecular weight is 405 g/mol. The first-order valence-corrected chi connectivity index (χ1v) is 10.9. The first-order chi connectivity index (χ1) is 13.5. The first-order valence-electron chi connectivity index (χ1n) is 10.9. The molecular weight excluding hydrogens is 368 g/mol. The predicted octanol–water partition coefficient (Wildman–Crippen LogP) is 3.11. The molecule has 3 aliphatic carbocycles. The van der Waals surface area contributed by atoms with Gasteiger partial charge in [-0.25, -0.2) is 0 Å². The maximum Gasteiger partial charge on any atom is 0.174 e. The lowest BCUT2D eigenvalue weighted by molar-refractivity contribution is -0.217. The minimum absolute atomic E-state index is 0.0175. The summed E-state index contributed by atoms with van der Waals surface area (Å²) in [6.07, 6.45) is 3.16. The number of fused-ring (bicyclic) bond motifs is 5. The first kappa shape index (κ1) is 21.3. The van der Waals surface area contributed by atoms with Crippen LogP contribution < -0.4 is 0 Å². The van der Waals surface area contributed by atoms with E-state index in [1.165, 1.54) is 17.2 Å². The Morgan fingerprint density at radius 3 is 2.62 bits per heavy atom. The smallest absolute Gasteiger partial charge is 0.174 e. The van der Waals surface area contributed by atoms with Crippen molar-refractivity contribution in [1.82, 2.24) is 0 Å². The molecule has 1 saturated carbocycles.